The van der Waals surface area contributed by atoms with Gasteiger partial charge in [0, 0.05) is 56.1 Å². The van der Waals surface area contributed by atoms with Gasteiger partial charge in [0.25, 0.3) is 5.91 Å². The van der Waals surface area contributed by atoms with Crippen molar-refractivity contribution in [1.82, 2.24) is 14.7 Å². The molecule has 0 bridgehead atoms. The number of carbonyl (C=O) groups is 3. The molecule has 1 atom stereocenters. The van der Waals surface area contributed by atoms with Crippen LogP contribution in [0.15, 0.2) is 48.5 Å². The number of benzene rings is 2. The van der Waals surface area contributed by atoms with Crippen LogP contribution >= 0.6 is 0 Å². The Morgan fingerprint density at radius 3 is 2.50 bits per heavy atom. The molecule has 0 saturated carbocycles. The molecule has 2 aromatic carbocycles. The van der Waals surface area contributed by atoms with E-state index in [0.717, 1.165) is 25.1 Å². The molecule has 3 heterocycles. The lowest BCUT2D eigenvalue weighted by atomic mass is 10.1. The maximum absolute atomic E-state index is 13.3. The number of anilines is 1. The third kappa shape index (κ3) is 4.20. The predicted octanol–water partition coefficient (Wildman–Crippen LogP) is 1.99. The molecule has 0 spiro atoms. The van der Waals surface area contributed by atoms with Gasteiger partial charge in [0.05, 0.1) is 7.11 Å². The van der Waals surface area contributed by atoms with Crippen molar-refractivity contribution in [3.63, 3.8) is 0 Å². The summed E-state index contributed by atoms with van der Waals surface area (Å²) in [5.74, 6) is 0.552. The largest absolute Gasteiger partial charge is 0.496 e. The topological polar surface area (TPSA) is 73.4 Å². The van der Waals surface area contributed by atoms with Gasteiger partial charge in [0.1, 0.15) is 18.3 Å². The second kappa shape index (κ2) is 9.37. The number of amides is 3. The van der Waals surface area contributed by atoms with Crippen LogP contribution < -0.4 is 9.64 Å². The van der Waals surface area contributed by atoms with E-state index in [1.807, 2.05) is 29.2 Å². The normalized spacial score (nSPS) is 20.6. The summed E-state index contributed by atoms with van der Waals surface area (Å²) in [4.78, 5) is 46.2. The Bertz CT molecular complexity index is 1080. The summed E-state index contributed by atoms with van der Waals surface area (Å²) in [5, 5.41) is 0. The molecule has 0 N–H and O–H groups in total. The Morgan fingerprint density at radius 1 is 1.00 bits per heavy atom. The van der Waals surface area contributed by atoms with Crippen molar-refractivity contribution in [2.75, 3.05) is 51.3 Å². The van der Waals surface area contributed by atoms with Gasteiger partial charge in [-0.1, -0.05) is 18.2 Å². The molecule has 0 radical (unpaired) electrons. The molecule has 1 unspecified atom stereocenters. The molecule has 0 aromatic heterocycles. The number of hydrogen-bond donors (Lipinski definition) is 0. The van der Waals surface area contributed by atoms with E-state index in [1.165, 1.54) is 5.69 Å². The first-order valence-corrected chi connectivity index (χ1v) is 11.9. The second-order valence-electron chi connectivity index (χ2n) is 9.08. The molecule has 3 saturated heterocycles. The monoisotopic (exact) mass is 462 g/mol. The summed E-state index contributed by atoms with van der Waals surface area (Å²) in [5.41, 5.74) is 2.48. The maximum Gasteiger partial charge on any atom is 0.253 e. The van der Waals surface area contributed by atoms with E-state index >= 15 is 0 Å². The third-order valence-corrected chi connectivity index (χ3v) is 7.07. The Labute approximate surface area is 199 Å². The first-order chi connectivity index (χ1) is 16.5. The number of para-hydroxylation sites is 1. The van der Waals surface area contributed by atoms with Gasteiger partial charge in [-0.2, -0.15) is 0 Å². The van der Waals surface area contributed by atoms with Crippen molar-refractivity contribution in [3.05, 3.63) is 59.7 Å². The van der Waals surface area contributed by atoms with Gasteiger partial charge in [-0.25, -0.2) is 0 Å². The molecular weight excluding hydrogens is 432 g/mol. The maximum atomic E-state index is 13.3. The molecule has 178 valence electrons. The molecule has 3 aliphatic rings. The fourth-order valence-electron chi connectivity index (χ4n) is 5.23. The van der Waals surface area contributed by atoms with Gasteiger partial charge >= 0.3 is 0 Å². The van der Waals surface area contributed by atoms with Crippen molar-refractivity contribution in [2.24, 2.45) is 0 Å². The van der Waals surface area contributed by atoms with E-state index < -0.39 is 0 Å². The van der Waals surface area contributed by atoms with Crippen LogP contribution in [0.2, 0.25) is 0 Å². The number of methoxy groups -OCH3 is 1. The highest BCUT2D eigenvalue weighted by molar-refractivity contribution is 5.96. The summed E-state index contributed by atoms with van der Waals surface area (Å²) in [6.45, 7) is 3.83. The lowest BCUT2D eigenvalue weighted by molar-refractivity contribution is -0.154. The van der Waals surface area contributed by atoms with E-state index in [4.69, 9.17) is 4.74 Å². The molecule has 0 aliphatic carbocycles. The molecule has 34 heavy (non-hydrogen) atoms. The van der Waals surface area contributed by atoms with Crippen LogP contribution in [-0.2, 0) is 16.1 Å². The first-order valence-electron chi connectivity index (χ1n) is 11.9. The van der Waals surface area contributed by atoms with E-state index in [-0.39, 0.29) is 36.9 Å². The Morgan fingerprint density at radius 2 is 1.76 bits per heavy atom. The molecule has 3 amide bonds. The molecule has 8 heteroatoms. The number of ether oxygens (including phenoxy) is 1. The van der Waals surface area contributed by atoms with Crippen LogP contribution in [-0.4, -0.2) is 84.8 Å². The van der Waals surface area contributed by atoms with Crippen molar-refractivity contribution in [3.8, 4) is 5.75 Å². The second-order valence-corrected chi connectivity index (χ2v) is 9.08. The van der Waals surface area contributed by atoms with Crippen LogP contribution in [0.25, 0.3) is 0 Å². The van der Waals surface area contributed by atoms with Crippen LogP contribution in [0, 0.1) is 0 Å². The first kappa shape index (κ1) is 22.3. The summed E-state index contributed by atoms with van der Waals surface area (Å²) >= 11 is 0. The van der Waals surface area contributed by atoms with Crippen LogP contribution in [0.5, 0.6) is 5.75 Å². The van der Waals surface area contributed by atoms with Crippen molar-refractivity contribution < 1.29 is 19.1 Å². The predicted molar refractivity (Wildman–Crippen MR) is 128 cm³/mol. The highest BCUT2D eigenvalue weighted by Crippen LogP contribution is 2.28. The van der Waals surface area contributed by atoms with Gasteiger partial charge < -0.3 is 24.3 Å². The molecule has 5 rings (SSSR count). The number of piperazine rings is 2. The average Bonchev–Trinajstić information content (AvgIpc) is 3.38. The molecule has 3 fully saturated rings. The zero-order valence-electron chi connectivity index (χ0n) is 19.5. The van der Waals surface area contributed by atoms with E-state index in [2.05, 4.69) is 17.0 Å². The molecule has 8 nitrogen and oxygen atoms in total. The quantitative estimate of drug-likeness (QED) is 0.680. The minimum absolute atomic E-state index is 0.00964. The van der Waals surface area contributed by atoms with Crippen LogP contribution in [0.4, 0.5) is 5.69 Å². The molecular formula is C26H30N4O4. The highest BCUT2D eigenvalue weighted by Gasteiger charge is 2.42. The average molecular weight is 463 g/mol. The smallest absolute Gasteiger partial charge is 0.253 e. The van der Waals surface area contributed by atoms with Gasteiger partial charge in [-0.3, -0.25) is 14.4 Å². The summed E-state index contributed by atoms with van der Waals surface area (Å²) in [6, 6.07) is 15.2. The summed E-state index contributed by atoms with van der Waals surface area (Å²) in [6.07, 6.45) is 1.58. The molecule has 3 aliphatic heterocycles. The van der Waals surface area contributed by atoms with Crippen LogP contribution in [0.1, 0.15) is 28.8 Å². The summed E-state index contributed by atoms with van der Waals surface area (Å²) < 4.78 is 5.51. The van der Waals surface area contributed by atoms with Crippen molar-refractivity contribution in [2.45, 2.75) is 25.4 Å². The fraction of sp³-hybridized carbons (Fsp3) is 0.423. The highest BCUT2D eigenvalue weighted by atomic mass is 16.5. The van der Waals surface area contributed by atoms with Gasteiger partial charge in [0.15, 0.2) is 0 Å². The zero-order valence-corrected chi connectivity index (χ0v) is 19.5. The number of rotatable bonds is 5. The zero-order chi connectivity index (χ0) is 23.7. The van der Waals surface area contributed by atoms with E-state index in [0.29, 0.717) is 37.4 Å². The van der Waals surface area contributed by atoms with Gasteiger partial charge in [-0.15, -0.1) is 0 Å². The van der Waals surface area contributed by atoms with Gasteiger partial charge in [0.2, 0.25) is 11.8 Å². The lowest BCUT2D eigenvalue weighted by Crippen LogP contribution is -2.56. The number of fused-ring (bicyclic) bond motifs is 1. The lowest BCUT2D eigenvalue weighted by Gasteiger charge is -2.37. The minimum atomic E-state index is -0.349. The van der Waals surface area contributed by atoms with Gasteiger partial charge in [-0.05, 0) is 43.2 Å². The van der Waals surface area contributed by atoms with Crippen LogP contribution in [0.3, 0.4) is 0 Å². The minimum Gasteiger partial charge on any atom is -0.496 e. The summed E-state index contributed by atoms with van der Waals surface area (Å²) in [7, 11) is 1.57. The van der Waals surface area contributed by atoms with Crippen molar-refractivity contribution >= 4 is 23.4 Å². The fourth-order valence-corrected chi connectivity index (χ4v) is 5.23. The third-order valence-electron chi connectivity index (χ3n) is 7.07. The Balaban J connectivity index is 1.29. The van der Waals surface area contributed by atoms with E-state index in [1.54, 1.807) is 29.0 Å². The number of hydrogen-bond acceptors (Lipinski definition) is 5. The van der Waals surface area contributed by atoms with Crippen molar-refractivity contribution in [1.29, 1.82) is 0 Å². The molecule has 2 aromatic rings. The van der Waals surface area contributed by atoms with E-state index in [9.17, 15) is 14.4 Å². The Hall–Kier alpha value is -3.55. The standard InChI is InChI=1S/C26H30N4O4/c1-34-23-10-9-19(25(32)28-14-12-27(13-15-28)21-6-3-2-4-7-21)16-20(23)17-29-18-24(31)30-11-5-8-22(30)26(29)33/h2-4,6-7,9-10,16,22H,5,8,11-15,17-18H2,1H3. The number of nitrogens with zero attached hydrogens (tertiary/aromatic N) is 4. The number of carbonyl (C=O) groups excluding carboxylic acids is 3. The SMILES string of the molecule is COc1ccc(C(=O)N2CCN(c3ccccc3)CC2)cc1CN1CC(=O)N2CCCC2C1=O. The Kier molecular flexibility index (Phi) is 6.13.